The van der Waals surface area contributed by atoms with Crippen molar-refractivity contribution < 1.29 is 9.59 Å². The molecule has 108 valence electrons. The third-order valence-electron chi connectivity index (χ3n) is 3.85. The molecule has 1 aliphatic heterocycles. The highest BCUT2D eigenvalue weighted by atomic mass is 16.2. The topological polar surface area (TPSA) is 49.4 Å². The zero-order chi connectivity index (χ0) is 14.5. The summed E-state index contributed by atoms with van der Waals surface area (Å²) in [5.74, 6) is 0.506. The zero-order valence-corrected chi connectivity index (χ0v) is 12.1. The van der Waals surface area contributed by atoms with E-state index < -0.39 is 6.04 Å². The van der Waals surface area contributed by atoms with Gasteiger partial charge < -0.3 is 10.2 Å². The van der Waals surface area contributed by atoms with Gasteiger partial charge in [0.1, 0.15) is 6.04 Å². The van der Waals surface area contributed by atoms with Gasteiger partial charge in [-0.15, -0.1) is 0 Å². The number of nitrogens with zero attached hydrogens (tertiary/aromatic N) is 1. The van der Waals surface area contributed by atoms with E-state index in [0.29, 0.717) is 11.5 Å². The van der Waals surface area contributed by atoms with Gasteiger partial charge >= 0.3 is 0 Å². The lowest BCUT2D eigenvalue weighted by Gasteiger charge is -2.32. The second kappa shape index (κ2) is 6.55. The van der Waals surface area contributed by atoms with Crippen molar-refractivity contribution in [3.05, 3.63) is 35.9 Å². The van der Waals surface area contributed by atoms with Crippen LogP contribution in [0, 0.1) is 5.92 Å². The summed E-state index contributed by atoms with van der Waals surface area (Å²) in [6, 6.07) is 8.50. The largest absolute Gasteiger partial charge is 0.341 e. The summed E-state index contributed by atoms with van der Waals surface area (Å²) in [6.45, 7) is 5.56. The van der Waals surface area contributed by atoms with E-state index in [1.54, 1.807) is 19.1 Å². The molecule has 0 radical (unpaired) electrons. The zero-order valence-electron chi connectivity index (χ0n) is 12.1. The van der Waals surface area contributed by atoms with E-state index >= 15 is 0 Å². The quantitative estimate of drug-likeness (QED) is 0.917. The minimum absolute atomic E-state index is 0.0150. The smallest absolute Gasteiger partial charge is 0.251 e. The Morgan fingerprint density at radius 2 is 1.80 bits per heavy atom. The van der Waals surface area contributed by atoms with E-state index in [0.717, 1.165) is 25.9 Å². The molecule has 1 N–H and O–H groups in total. The summed E-state index contributed by atoms with van der Waals surface area (Å²) in [7, 11) is 0. The highest BCUT2D eigenvalue weighted by molar-refractivity contribution is 5.97. The number of nitrogens with one attached hydrogen (secondary N) is 1. The lowest BCUT2D eigenvalue weighted by Crippen LogP contribution is -2.49. The van der Waals surface area contributed by atoms with Crippen molar-refractivity contribution in [2.45, 2.75) is 32.7 Å². The van der Waals surface area contributed by atoms with Gasteiger partial charge in [0.25, 0.3) is 5.91 Å². The molecule has 0 aliphatic carbocycles. The van der Waals surface area contributed by atoms with Crippen LogP contribution in [0.2, 0.25) is 0 Å². The normalized spacial score (nSPS) is 17.6. The third kappa shape index (κ3) is 3.59. The summed E-state index contributed by atoms with van der Waals surface area (Å²) in [5.41, 5.74) is 0.583. The van der Waals surface area contributed by atoms with Gasteiger partial charge in [0, 0.05) is 18.7 Å². The number of hydrogen-bond acceptors (Lipinski definition) is 2. The molecule has 1 saturated heterocycles. The van der Waals surface area contributed by atoms with Gasteiger partial charge in [-0.25, -0.2) is 0 Å². The molecule has 0 bridgehead atoms. The summed E-state index contributed by atoms with van der Waals surface area (Å²) in [6.07, 6.45) is 2.09. The van der Waals surface area contributed by atoms with E-state index in [4.69, 9.17) is 0 Å². The van der Waals surface area contributed by atoms with Crippen LogP contribution >= 0.6 is 0 Å². The molecule has 1 aliphatic rings. The minimum Gasteiger partial charge on any atom is -0.341 e. The predicted octanol–water partition coefficient (Wildman–Crippen LogP) is 2.06. The molecule has 0 saturated carbocycles. The average molecular weight is 274 g/mol. The molecule has 1 aromatic rings. The van der Waals surface area contributed by atoms with Gasteiger partial charge in [0.2, 0.25) is 5.91 Å². The average Bonchev–Trinajstić information content (AvgIpc) is 2.48. The van der Waals surface area contributed by atoms with Gasteiger partial charge in [-0.1, -0.05) is 25.1 Å². The molecule has 4 heteroatoms. The first-order chi connectivity index (χ1) is 9.58. The molecule has 2 amide bonds. The van der Waals surface area contributed by atoms with Gasteiger partial charge in [-0.05, 0) is 37.8 Å². The Morgan fingerprint density at radius 1 is 1.20 bits per heavy atom. The summed E-state index contributed by atoms with van der Waals surface area (Å²) in [4.78, 5) is 26.2. The van der Waals surface area contributed by atoms with Crippen LogP contribution in [0.4, 0.5) is 0 Å². The summed E-state index contributed by atoms with van der Waals surface area (Å²) >= 11 is 0. The van der Waals surface area contributed by atoms with Crippen LogP contribution in [0.5, 0.6) is 0 Å². The van der Waals surface area contributed by atoms with Crippen molar-refractivity contribution in [2.24, 2.45) is 5.92 Å². The fourth-order valence-electron chi connectivity index (χ4n) is 2.43. The first-order valence-electron chi connectivity index (χ1n) is 7.22. The molecular weight excluding hydrogens is 252 g/mol. The van der Waals surface area contributed by atoms with Crippen LogP contribution in [0.25, 0.3) is 0 Å². The first kappa shape index (κ1) is 14.6. The Hall–Kier alpha value is -1.84. The molecule has 0 aromatic heterocycles. The molecule has 1 atom stereocenters. The van der Waals surface area contributed by atoms with E-state index in [1.165, 1.54) is 0 Å². The standard InChI is InChI=1S/C16H22N2O2/c1-12-8-10-18(11-9-12)16(20)13(2)17-15(19)14-6-4-3-5-7-14/h3-7,12-13H,8-11H2,1-2H3,(H,17,19). The van der Waals surface area contributed by atoms with Crippen LogP contribution in [-0.2, 0) is 4.79 Å². The van der Waals surface area contributed by atoms with Crippen molar-refractivity contribution in [3.8, 4) is 0 Å². The van der Waals surface area contributed by atoms with Crippen molar-refractivity contribution in [1.29, 1.82) is 0 Å². The fourth-order valence-corrected chi connectivity index (χ4v) is 2.43. The number of likely N-dealkylation sites (tertiary alicyclic amines) is 1. The van der Waals surface area contributed by atoms with Gasteiger partial charge in [0.05, 0.1) is 0 Å². The first-order valence-corrected chi connectivity index (χ1v) is 7.22. The fraction of sp³-hybridized carbons (Fsp3) is 0.500. The molecule has 2 rings (SSSR count). The molecule has 1 fully saturated rings. The number of benzene rings is 1. The van der Waals surface area contributed by atoms with Crippen molar-refractivity contribution >= 4 is 11.8 Å². The Morgan fingerprint density at radius 3 is 2.40 bits per heavy atom. The van der Waals surface area contributed by atoms with Crippen LogP contribution in [0.3, 0.4) is 0 Å². The van der Waals surface area contributed by atoms with Crippen molar-refractivity contribution in [1.82, 2.24) is 10.2 Å². The number of piperidine rings is 1. The molecule has 1 aromatic carbocycles. The summed E-state index contributed by atoms with van der Waals surface area (Å²) in [5, 5.41) is 2.77. The molecule has 0 spiro atoms. The van der Waals surface area contributed by atoms with E-state index in [2.05, 4.69) is 12.2 Å². The van der Waals surface area contributed by atoms with Crippen LogP contribution in [-0.4, -0.2) is 35.8 Å². The van der Waals surface area contributed by atoms with Crippen molar-refractivity contribution in [3.63, 3.8) is 0 Å². The Labute approximate surface area is 120 Å². The SMILES string of the molecule is CC1CCN(C(=O)C(C)NC(=O)c2ccccc2)CC1. The Balaban J connectivity index is 1.89. The van der Waals surface area contributed by atoms with E-state index in [9.17, 15) is 9.59 Å². The highest BCUT2D eigenvalue weighted by Crippen LogP contribution is 2.16. The van der Waals surface area contributed by atoms with Crippen LogP contribution in [0.15, 0.2) is 30.3 Å². The molecule has 20 heavy (non-hydrogen) atoms. The van der Waals surface area contributed by atoms with Crippen molar-refractivity contribution in [2.75, 3.05) is 13.1 Å². The highest BCUT2D eigenvalue weighted by Gasteiger charge is 2.25. The Bertz CT molecular complexity index is 465. The summed E-state index contributed by atoms with van der Waals surface area (Å²) < 4.78 is 0. The molecule has 1 heterocycles. The molecular formula is C16H22N2O2. The minimum atomic E-state index is -0.476. The number of rotatable bonds is 3. The van der Waals surface area contributed by atoms with Gasteiger partial charge in [-0.2, -0.15) is 0 Å². The maximum absolute atomic E-state index is 12.3. The predicted molar refractivity (Wildman–Crippen MR) is 78.3 cm³/mol. The molecule has 4 nitrogen and oxygen atoms in total. The van der Waals surface area contributed by atoms with E-state index in [1.807, 2.05) is 23.1 Å². The molecule has 1 unspecified atom stereocenters. The lowest BCUT2D eigenvalue weighted by molar-refractivity contribution is -0.134. The Kier molecular flexibility index (Phi) is 4.77. The second-order valence-electron chi connectivity index (χ2n) is 5.57. The van der Waals surface area contributed by atoms with E-state index in [-0.39, 0.29) is 11.8 Å². The monoisotopic (exact) mass is 274 g/mol. The lowest BCUT2D eigenvalue weighted by atomic mass is 9.99. The van der Waals surface area contributed by atoms with Gasteiger partial charge in [0.15, 0.2) is 0 Å². The maximum atomic E-state index is 12.3. The number of carbonyl (C=O) groups is 2. The van der Waals surface area contributed by atoms with Crippen LogP contribution < -0.4 is 5.32 Å². The maximum Gasteiger partial charge on any atom is 0.251 e. The van der Waals surface area contributed by atoms with Gasteiger partial charge in [-0.3, -0.25) is 9.59 Å². The number of amides is 2. The number of hydrogen-bond donors (Lipinski definition) is 1. The third-order valence-corrected chi connectivity index (χ3v) is 3.85. The second-order valence-corrected chi connectivity index (χ2v) is 5.57. The number of carbonyl (C=O) groups excluding carboxylic acids is 2. The van der Waals surface area contributed by atoms with Crippen LogP contribution in [0.1, 0.15) is 37.0 Å².